The zero-order valence-electron chi connectivity index (χ0n) is 23.3. The summed E-state index contributed by atoms with van der Waals surface area (Å²) in [6.07, 6.45) is 0.986. The molecule has 0 saturated carbocycles. The standard InChI is InChI=1S/C28H31ClN4O7/c1-27(2,3)39-25(35)33(26(36)40-28(4,5)6)22-16-18(12-14-30-22)38-21-11-10-17(15-20(21)29)32-23-19(24(34)37-7)9-8-13-31-23/h8-16H,1-7H3,(H,31,32). The van der Waals surface area contributed by atoms with E-state index in [9.17, 15) is 14.4 Å². The minimum Gasteiger partial charge on any atom is -0.465 e. The van der Waals surface area contributed by atoms with Crippen LogP contribution in [0.15, 0.2) is 54.9 Å². The molecule has 0 fully saturated rings. The number of hydrogen-bond donors (Lipinski definition) is 1. The number of carbonyl (C=O) groups is 3. The van der Waals surface area contributed by atoms with E-state index in [1.165, 1.54) is 31.6 Å². The van der Waals surface area contributed by atoms with Crippen LogP contribution in [0.2, 0.25) is 5.02 Å². The third-order valence-electron chi connectivity index (χ3n) is 4.73. The second-order valence-corrected chi connectivity index (χ2v) is 10.8. The van der Waals surface area contributed by atoms with Gasteiger partial charge in [-0.25, -0.2) is 24.4 Å². The summed E-state index contributed by atoms with van der Waals surface area (Å²) in [5, 5.41) is 3.27. The van der Waals surface area contributed by atoms with Crippen molar-refractivity contribution in [1.82, 2.24) is 9.97 Å². The predicted octanol–water partition coefficient (Wildman–Crippen LogP) is 7.13. The molecule has 0 bridgehead atoms. The van der Waals surface area contributed by atoms with Crippen molar-refractivity contribution in [3.8, 4) is 11.5 Å². The van der Waals surface area contributed by atoms with E-state index in [1.54, 1.807) is 71.9 Å². The first-order valence-electron chi connectivity index (χ1n) is 12.2. The van der Waals surface area contributed by atoms with Crippen LogP contribution < -0.4 is 15.0 Å². The molecule has 0 atom stereocenters. The highest BCUT2D eigenvalue weighted by molar-refractivity contribution is 6.32. The Morgan fingerprint density at radius 3 is 2.10 bits per heavy atom. The average molecular weight is 571 g/mol. The van der Waals surface area contributed by atoms with E-state index in [0.29, 0.717) is 16.4 Å². The molecule has 2 aromatic heterocycles. The summed E-state index contributed by atoms with van der Waals surface area (Å²) in [5.41, 5.74) is -0.952. The number of rotatable bonds is 6. The molecule has 0 aliphatic rings. The summed E-state index contributed by atoms with van der Waals surface area (Å²) in [7, 11) is 1.28. The van der Waals surface area contributed by atoms with Gasteiger partial charge in [-0.05, 0) is 77.9 Å². The minimum absolute atomic E-state index is 0.0686. The van der Waals surface area contributed by atoms with Gasteiger partial charge in [-0.1, -0.05) is 11.6 Å². The second kappa shape index (κ2) is 12.2. The number of carbonyl (C=O) groups excluding carboxylic acids is 3. The number of amides is 2. The summed E-state index contributed by atoms with van der Waals surface area (Å²) >= 11 is 6.47. The molecule has 0 spiro atoms. The zero-order chi connectivity index (χ0) is 29.7. The number of nitrogens with zero attached hydrogens (tertiary/aromatic N) is 3. The highest BCUT2D eigenvalue weighted by atomic mass is 35.5. The van der Waals surface area contributed by atoms with Crippen molar-refractivity contribution in [1.29, 1.82) is 0 Å². The molecule has 0 aliphatic carbocycles. The quantitative estimate of drug-likeness (QED) is 0.241. The molecule has 0 aliphatic heterocycles. The maximum atomic E-state index is 12.9. The van der Waals surface area contributed by atoms with Crippen molar-refractivity contribution in [3.05, 3.63) is 65.4 Å². The Hall–Kier alpha value is -4.38. The SMILES string of the molecule is COC(=O)c1cccnc1Nc1ccc(Oc2ccnc(N(C(=O)OC(C)(C)C)C(=O)OC(C)(C)C)c2)c(Cl)c1. The Balaban J connectivity index is 1.86. The number of anilines is 3. The number of aromatic nitrogens is 2. The van der Waals surface area contributed by atoms with Crippen LogP contribution in [0.3, 0.4) is 0 Å². The summed E-state index contributed by atoms with van der Waals surface area (Å²) in [6.45, 7) is 10.1. The number of nitrogens with one attached hydrogen (secondary N) is 1. The number of pyridine rings is 2. The Morgan fingerprint density at radius 1 is 0.875 bits per heavy atom. The number of hydrogen-bond acceptors (Lipinski definition) is 10. The molecule has 1 aromatic carbocycles. The molecule has 11 nitrogen and oxygen atoms in total. The topological polar surface area (TPSA) is 129 Å². The fourth-order valence-electron chi connectivity index (χ4n) is 3.17. The lowest BCUT2D eigenvalue weighted by Crippen LogP contribution is -2.44. The van der Waals surface area contributed by atoms with E-state index in [0.717, 1.165) is 0 Å². The largest absolute Gasteiger partial charge is 0.465 e. The second-order valence-electron chi connectivity index (χ2n) is 10.4. The number of benzene rings is 1. The van der Waals surface area contributed by atoms with Gasteiger partial charge in [0.25, 0.3) is 0 Å². The predicted molar refractivity (Wildman–Crippen MR) is 150 cm³/mol. The van der Waals surface area contributed by atoms with Crippen molar-refractivity contribution >= 4 is 47.1 Å². The molecule has 212 valence electrons. The number of halogens is 1. The molecule has 12 heteroatoms. The third-order valence-corrected chi connectivity index (χ3v) is 5.03. The van der Waals surface area contributed by atoms with Crippen LogP contribution in [0.1, 0.15) is 51.9 Å². The maximum absolute atomic E-state index is 12.9. The minimum atomic E-state index is -0.958. The maximum Gasteiger partial charge on any atom is 0.425 e. The number of methoxy groups -OCH3 is 1. The van der Waals surface area contributed by atoms with Gasteiger partial charge in [0, 0.05) is 24.1 Å². The van der Waals surface area contributed by atoms with Crippen LogP contribution >= 0.6 is 11.6 Å². The molecular weight excluding hydrogens is 540 g/mol. The first kappa shape index (κ1) is 30.2. The first-order chi connectivity index (χ1) is 18.7. The molecule has 0 radical (unpaired) electrons. The van der Waals surface area contributed by atoms with Crippen molar-refractivity contribution in [2.24, 2.45) is 0 Å². The van der Waals surface area contributed by atoms with E-state index in [1.807, 2.05) is 0 Å². The molecule has 2 heterocycles. The van der Waals surface area contributed by atoms with E-state index in [4.69, 9.17) is 30.5 Å². The Labute approximate surface area is 237 Å². The van der Waals surface area contributed by atoms with Gasteiger partial charge < -0.3 is 24.3 Å². The summed E-state index contributed by atoms with van der Waals surface area (Å²) in [5.74, 6) is 0.201. The number of imide groups is 1. The smallest absolute Gasteiger partial charge is 0.425 e. The van der Waals surface area contributed by atoms with Crippen LogP contribution in [0.25, 0.3) is 0 Å². The Bertz CT molecular complexity index is 1370. The van der Waals surface area contributed by atoms with Crippen LogP contribution in [-0.2, 0) is 14.2 Å². The van der Waals surface area contributed by atoms with Crippen LogP contribution in [-0.4, -0.2) is 46.4 Å². The van der Waals surface area contributed by atoms with E-state index < -0.39 is 29.4 Å². The third kappa shape index (κ3) is 8.31. The van der Waals surface area contributed by atoms with Crippen molar-refractivity contribution in [2.75, 3.05) is 17.3 Å². The van der Waals surface area contributed by atoms with Gasteiger partial charge in [0.1, 0.15) is 34.1 Å². The molecule has 3 rings (SSSR count). The van der Waals surface area contributed by atoms with Gasteiger partial charge >= 0.3 is 18.2 Å². The van der Waals surface area contributed by atoms with Crippen molar-refractivity contribution < 1.29 is 33.3 Å². The zero-order valence-corrected chi connectivity index (χ0v) is 24.0. The molecule has 1 N–H and O–H groups in total. The lowest BCUT2D eigenvalue weighted by atomic mass is 10.2. The highest BCUT2D eigenvalue weighted by Crippen LogP contribution is 2.34. The van der Waals surface area contributed by atoms with E-state index >= 15 is 0 Å². The molecule has 0 saturated heterocycles. The Kier molecular flexibility index (Phi) is 9.21. The fourth-order valence-corrected chi connectivity index (χ4v) is 3.39. The highest BCUT2D eigenvalue weighted by Gasteiger charge is 2.33. The fraction of sp³-hybridized carbons (Fsp3) is 0.321. The average Bonchev–Trinajstić information content (AvgIpc) is 2.84. The van der Waals surface area contributed by atoms with Crippen LogP contribution in [0.4, 0.5) is 26.9 Å². The normalized spacial score (nSPS) is 11.3. The number of ether oxygens (including phenoxy) is 4. The van der Waals surface area contributed by atoms with Gasteiger partial charge in [-0.2, -0.15) is 4.90 Å². The Morgan fingerprint density at radius 2 is 1.52 bits per heavy atom. The molecule has 3 aromatic rings. The van der Waals surface area contributed by atoms with Gasteiger partial charge in [0.15, 0.2) is 5.82 Å². The summed E-state index contributed by atoms with van der Waals surface area (Å²) in [4.78, 5) is 47.0. The first-order valence-corrected chi connectivity index (χ1v) is 12.5. The molecule has 0 unspecified atom stereocenters. The summed E-state index contributed by atoms with van der Waals surface area (Å²) in [6, 6.07) is 11.0. The van der Waals surface area contributed by atoms with Gasteiger partial charge in [0.2, 0.25) is 0 Å². The molecular formula is C28H31ClN4O7. The van der Waals surface area contributed by atoms with Crippen LogP contribution in [0, 0.1) is 0 Å². The van der Waals surface area contributed by atoms with Crippen molar-refractivity contribution in [3.63, 3.8) is 0 Å². The molecule has 40 heavy (non-hydrogen) atoms. The van der Waals surface area contributed by atoms with Crippen LogP contribution in [0.5, 0.6) is 11.5 Å². The molecule has 2 amide bonds. The monoisotopic (exact) mass is 570 g/mol. The lowest BCUT2D eigenvalue weighted by Gasteiger charge is -2.28. The van der Waals surface area contributed by atoms with E-state index in [2.05, 4.69) is 15.3 Å². The number of esters is 1. The van der Waals surface area contributed by atoms with Crippen molar-refractivity contribution in [2.45, 2.75) is 52.7 Å². The van der Waals surface area contributed by atoms with Gasteiger partial charge in [0.05, 0.1) is 12.1 Å². The summed E-state index contributed by atoms with van der Waals surface area (Å²) < 4.78 is 21.5. The van der Waals surface area contributed by atoms with Gasteiger partial charge in [-0.15, -0.1) is 0 Å². The van der Waals surface area contributed by atoms with E-state index in [-0.39, 0.29) is 27.9 Å². The lowest BCUT2D eigenvalue weighted by molar-refractivity contribution is 0.0428. The van der Waals surface area contributed by atoms with Gasteiger partial charge in [-0.3, -0.25) is 0 Å².